The number of carbonyl (C=O) groups is 1. The van der Waals surface area contributed by atoms with E-state index in [1.54, 1.807) is 0 Å². The van der Waals surface area contributed by atoms with Crippen molar-refractivity contribution in [2.75, 3.05) is 5.32 Å². The Kier molecular flexibility index (Phi) is 3.52. The zero-order valence-corrected chi connectivity index (χ0v) is 9.99. The molecule has 0 aliphatic heterocycles. The third-order valence-corrected chi connectivity index (χ3v) is 2.24. The van der Waals surface area contributed by atoms with Crippen molar-refractivity contribution in [2.45, 2.75) is 19.4 Å². The molecule has 0 radical (unpaired) electrons. The maximum atomic E-state index is 11.1. The summed E-state index contributed by atoms with van der Waals surface area (Å²) in [6.45, 7) is 3.06. The number of amides is 1. The van der Waals surface area contributed by atoms with Crippen LogP contribution in [0.3, 0.4) is 0 Å². The second kappa shape index (κ2) is 4.54. The van der Waals surface area contributed by atoms with E-state index in [0.717, 1.165) is 6.07 Å². The van der Waals surface area contributed by atoms with E-state index in [4.69, 9.17) is 17.3 Å². The van der Waals surface area contributed by atoms with Crippen LogP contribution in [0.2, 0.25) is 5.15 Å². The molecule has 0 saturated heterocycles. The topological polar surface area (TPSA) is 111 Å². The minimum Gasteiger partial charge on any atom is -0.368 e. The van der Waals surface area contributed by atoms with Gasteiger partial charge in [-0.1, -0.05) is 11.6 Å². The molecule has 1 heterocycles. The Labute approximate surface area is 102 Å². The predicted octanol–water partition coefficient (Wildman–Crippen LogP) is 1.32. The van der Waals surface area contributed by atoms with Gasteiger partial charge in [-0.25, -0.2) is 4.98 Å². The highest BCUT2D eigenvalue weighted by atomic mass is 35.5. The van der Waals surface area contributed by atoms with Gasteiger partial charge in [-0.05, 0) is 13.8 Å². The number of rotatable bonds is 4. The molecule has 0 aliphatic carbocycles. The van der Waals surface area contributed by atoms with Crippen LogP contribution in [0.1, 0.15) is 13.8 Å². The Hall–Kier alpha value is -1.89. The summed E-state index contributed by atoms with van der Waals surface area (Å²) in [6.07, 6.45) is 0. The van der Waals surface area contributed by atoms with Gasteiger partial charge in [-0.15, -0.1) is 0 Å². The van der Waals surface area contributed by atoms with E-state index in [1.165, 1.54) is 19.9 Å². The zero-order valence-electron chi connectivity index (χ0n) is 9.23. The van der Waals surface area contributed by atoms with Gasteiger partial charge in [-0.2, -0.15) is 0 Å². The summed E-state index contributed by atoms with van der Waals surface area (Å²) in [5.74, 6) is -0.491. The SMILES string of the molecule is CC(C)(Nc1cc([N+](=O)[O-])cc(Cl)n1)C(N)=O. The summed E-state index contributed by atoms with van der Waals surface area (Å²) in [5.41, 5.74) is 3.87. The first-order valence-electron chi connectivity index (χ1n) is 4.62. The Morgan fingerprint density at radius 2 is 2.18 bits per heavy atom. The van der Waals surface area contributed by atoms with Crippen molar-refractivity contribution < 1.29 is 9.72 Å². The lowest BCUT2D eigenvalue weighted by atomic mass is 10.1. The summed E-state index contributed by atoms with van der Waals surface area (Å²) >= 11 is 5.63. The Bertz CT molecular complexity index is 475. The summed E-state index contributed by atoms with van der Waals surface area (Å²) in [7, 11) is 0. The first-order valence-corrected chi connectivity index (χ1v) is 5.00. The predicted molar refractivity (Wildman–Crippen MR) is 62.8 cm³/mol. The van der Waals surface area contributed by atoms with Crippen molar-refractivity contribution in [2.24, 2.45) is 5.73 Å². The summed E-state index contributed by atoms with van der Waals surface area (Å²) in [5, 5.41) is 13.2. The molecule has 1 aromatic rings. The third-order valence-electron chi connectivity index (χ3n) is 2.05. The molecule has 0 aromatic carbocycles. The molecular weight excluding hydrogens is 248 g/mol. The maximum absolute atomic E-state index is 11.1. The number of pyridine rings is 1. The molecule has 92 valence electrons. The highest BCUT2D eigenvalue weighted by molar-refractivity contribution is 6.29. The number of nitrogens with one attached hydrogen (secondary N) is 1. The highest BCUT2D eigenvalue weighted by Crippen LogP contribution is 2.22. The van der Waals surface area contributed by atoms with Crippen molar-refractivity contribution >= 4 is 29.0 Å². The Morgan fingerprint density at radius 3 is 2.65 bits per heavy atom. The number of hydrogen-bond donors (Lipinski definition) is 2. The Morgan fingerprint density at radius 1 is 1.59 bits per heavy atom. The van der Waals surface area contributed by atoms with Gasteiger partial charge in [-0.3, -0.25) is 14.9 Å². The summed E-state index contributed by atoms with van der Waals surface area (Å²) in [6, 6.07) is 2.29. The second-order valence-corrected chi connectivity index (χ2v) is 4.29. The van der Waals surface area contributed by atoms with Crippen LogP contribution >= 0.6 is 11.6 Å². The van der Waals surface area contributed by atoms with Crippen molar-refractivity contribution in [3.8, 4) is 0 Å². The summed E-state index contributed by atoms with van der Waals surface area (Å²) in [4.78, 5) is 24.9. The molecule has 8 heteroatoms. The number of primary amides is 1. The quantitative estimate of drug-likeness (QED) is 0.481. The minimum atomic E-state index is -1.08. The maximum Gasteiger partial charge on any atom is 0.276 e. The number of nitrogens with two attached hydrogens (primary N) is 1. The number of carbonyl (C=O) groups excluding carboxylic acids is 1. The zero-order chi connectivity index (χ0) is 13.2. The monoisotopic (exact) mass is 258 g/mol. The first-order chi connectivity index (χ1) is 7.72. The van der Waals surface area contributed by atoms with Gasteiger partial charge in [0.15, 0.2) is 0 Å². The standard InChI is InChI=1S/C9H11ClN4O3/c1-9(2,8(11)15)13-7-4-5(14(16)17)3-6(10)12-7/h3-4H,1-2H3,(H2,11,15)(H,12,13). The molecule has 0 aliphatic rings. The first kappa shape index (κ1) is 13.2. The molecule has 0 saturated carbocycles. The fraction of sp³-hybridized carbons (Fsp3) is 0.333. The van der Waals surface area contributed by atoms with Crippen LogP contribution in [0.25, 0.3) is 0 Å². The van der Waals surface area contributed by atoms with Crippen molar-refractivity contribution in [1.82, 2.24) is 4.98 Å². The smallest absolute Gasteiger partial charge is 0.276 e. The number of aromatic nitrogens is 1. The fourth-order valence-corrected chi connectivity index (χ4v) is 1.24. The molecule has 1 amide bonds. The van der Waals surface area contributed by atoms with Crippen LogP contribution in [0.5, 0.6) is 0 Å². The van der Waals surface area contributed by atoms with Gasteiger partial charge >= 0.3 is 0 Å². The molecule has 0 unspecified atom stereocenters. The van der Waals surface area contributed by atoms with Gasteiger partial charge < -0.3 is 11.1 Å². The number of nitrogens with zero attached hydrogens (tertiary/aromatic N) is 2. The average Bonchev–Trinajstić information content (AvgIpc) is 2.15. The number of hydrogen-bond acceptors (Lipinski definition) is 5. The van der Waals surface area contributed by atoms with Gasteiger partial charge in [0.2, 0.25) is 5.91 Å². The van der Waals surface area contributed by atoms with Gasteiger partial charge in [0.25, 0.3) is 5.69 Å². The molecule has 0 spiro atoms. The van der Waals surface area contributed by atoms with Crippen molar-refractivity contribution in [3.05, 3.63) is 27.4 Å². The molecule has 1 aromatic heterocycles. The Balaban J connectivity index is 3.07. The molecular formula is C9H11ClN4O3. The van der Waals surface area contributed by atoms with Crippen LogP contribution in [-0.2, 0) is 4.79 Å². The minimum absolute atomic E-state index is 0.0398. The van der Waals surface area contributed by atoms with E-state index in [-0.39, 0.29) is 16.7 Å². The van der Waals surface area contributed by atoms with Gasteiger partial charge in [0, 0.05) is 0 Å². The van der Waals surface area contributed by atoms with Gasteiger partial charge in [0.1, 0.15) is 16.5 Å². The van der Waals surface area contributed by atoms with E-state index < -0.39 is 16.4 Å². The van der Waals surface area contributed by atoms with E-state index in [9.17, 15) is 14.9 Å². The average molecular weight is 259 g/mol. The van der Waals surface area contributed by atoms with Gasteiger partial charge in [0.05, 0.1) is 17.1 Å². The summed E-state index contributed by atoms with van der Waals surface area (Å²) < 4.78 is 0. The van der Waals surface area contributed by atoms with Crippen LogP contribution < -0.4 is 11.1 Å². The molecule has 17 heavy (non-hydrogen) atoms. The van der Waals surface area contributed by atoms with E-state index >= 15 is 0 Å². The molecule has 7 nitrogen and oxygen atoms in total. The second-order valence-electron chi connectivity index (χ2n) is 3.90. The third kappa shape index (κ3) is 3.28. The lowest BCUT2D eigenvalue weighted by molar-refractivity contribution is -0.384. The van der Waals surface area contributed by atoms with E-state index in [0.29, 0.717) is 0 Å². The molecule has 0 fully saturated rings. The number of halogens is 1. The number of anilines is 1. The fourth-order valence-electron chi connectivity index (χ4n) is 1.03. The molecule has 0 atom stereocenters. The largest absolute Gasteiger partial charge is 0.368 e. The normalized spacial score (nSPS) is 11.0. The lowest BCUT2D eigenvalue weighted by Gasteiger charge is -2.22. The molecule has 3 N–H and O–H groups in total. The van der Waals surface area contributed by atoms with E-state index in [1.807, 2.05) is 0 Å². The van der Waals surface area contributed by atoms with Crippen LogP contribution in [0.15, 0.2) is 12.1 Å². The van der Waals surface area contributed by atoms with E-state index in [2.05, 4.69) is 10.3 Å². The van der Waals surface area contributed by atoms with Crippen molar-refractivity contribution in [3.63, 3.8) is 0 Å². The van der Waals surface area contributed by atoms with Crippen molar-refractivity contribution in [1.29, 1.82) is 0 Å². The van der Waals surface area contributed by atoms with Crippen LogP contribution in [-0.4, -0.2) is 21.4 Å². The van der Waals surface area contributed by atoms with Crippen LogP contribution in [0.4, 0.5) is 11.5 Å². The van der Waals surface area contributed by atoms with Crippen LogP contribution in [0, 0.1) is 10.1 Å². The molecule has 0 bridgehead atoms. The highest BCUT2D eigenvalue weighted by Gasteiger charge is 2.25. The number of nitro groups is 1. The molecule has 1 rings (SSSR count). The lowest BCUT2D eigenvalue weighted by Crippen LogP contribution is -2.45.